The first-order valence-corrected chi connectivity index (χ1v) is 9.38. The van der Waals surface area contributed by atoms with Crippen molar-refractivity contribution in [1.29, 1.82) is 0 Å². The predicted octanol–water partition coefficient (Wildman–Crippen LogP) is 4.72. The number of nitrogens with zero attached hydrogens (tertiary/aromatic N) is 1. The van der Waals surface area contributed by atoms with Gasteiger partial charge in [0.05, 0.1) is 26.1 Å². The lowest BCUT2D eigenvalue weighted by Crippen LogP contribution is -2.13. The Morgan fingerprint density at radius 1 is 0.931 bits per heavy atom. The van der Waals surface area contributed by atoms with E-state index >= 15 is 0 Å². The van der Waals surface area contributed by atoms with Crippen LogP contribution in [0, 0.1) is 6.92 Å². The van der Waals surface area contributed by atoms with Gasteiger partial charge in [-0.25, -0.2) is 4.98 Å². The highest BCUT2D eigenvalue weighted by Gasteiger charge is 2.08. The fourth-order valence-corrected chi connectivity index (χ4v) is 2.84. The molecule has 0 saturated heterocycles. The fraction of sp³-hybridized carbons (Fsp3) is 0.217. The smallest absolute Gasteiger partial charge is 0.225 e. The Balaban J connectivity index is 1.52. The normalized spacial score (nSPS) is 10.3. The first-order chi connectivity index (χ1) is 14.1. The van der Waals surface area contributed by atoms with Gasteiger partial charge in [0.15, 0.2) is 11.5 Å². The molecular weight excluding hydrogens is 366 g/mol. The predicted molar refractivity (Wildman–Crippen MR) is 115 cm³/mol. The number of aryl methyl sites for hydroxylation is 2. The van der Waals surface area contributed by atoms with Gasteiger partial charge in [-0.3, -0.25) is 4.79 Å². The number of aromatic nitrogens is 1. The maximum atomic E-state index is 12.2. The maximum Gasteiger partial charge on any atom is 0.225 e. The molecule has 6 nitrogen and oxygen atoms in total. The molecule has 0 radical (unpaired) electrons. The van der Waals surface area contributed by atoms with Crippen LogP contribution < -0.4 is 20.1 Å². The van der Waals surface area contributed by atoms with Crippen LogP contribution >= 0.6 is 0 Å². The van der Waals surface area contributed by atoms with Gasteiger partial charge < -0.3 is 20.1 Å². The van der Waals surface area contributed by atoms with Crippen molar-refractivity contribution in [3.8, 4) is 11.5 Å². The van der Waals surface area contributed by atoms with Crippen LogP contribution in [0.5, 0.6) is 11.5 Å². The Labute approximate surface area is 170 Å². The minimum absolute atomic E-state index is 0.0912. The van der Waals surface area contributed by atoms with Gasteiger partial charge in [0.1, 0.15) is 5.82 Å². The lowest BCUT2D eigenvalue weighted by atomic mass is 10.1. The van der Waals surface area contributed by atoms with E-state index in [1.54, 1.807) is 26.5 Å². The molecule has 2 aromatic carbocycles. The first-order valence-electron chi connectivity index (χ1n) is 9.38. The fourth-order valence-electron chi connectivity index (χ4n) is 2.84. The third kappa shape index (κ3) is 5.72. The molecule has 3 aromatic rings. The number of pyridine rings is 1. The van der Waals surface area contributed by atoms with Crippen molar-refractivity contribution in [2.75, 3.05) is 24.9 Å². The van der Waals surface area contributed by atoms with E-state index in [4.69, 9.17) is 9.47 Å². The number of carbonyl (C=O) groups excluding carboxylic acids is 1. The first kappa shape index (κ1) is 20.2. The summed E-state index contributed by atoms with van der Waals surface area (Å²) >= 11 is 0. The summed E-state index contributed by atoms with van der Waals surface area (Å²) in [5.41, 5.74) is 4.06. The van der Waals surface area contributed by atoms with Crippen molar-refractivity contribution in [2.45, 2.75) is 19.8 Å². The summed E-state index contributed by atoms with van der Waals surface area (Å²) in [6.45, 7) is 2.05. The summed E-state index contributed by atoms with van der Waals surface area (Å²) in [6.07, 6.45) is 2.64. The number of carbonyl (C=O) groups is 1. The number of amides is 1. The van der Waals surface area contributed by atoms with Crippen molar-refractivity contribution in [3.05, 3.63) is 71.9 Å². The summed E-state index contributed by atoms with van der Waals surface area (Å²) in [5.74, 6) is 1.76. The van der Waals surface area contributed by atoms with Crippen molar-refractivity contribution >= 4 is 23.1 Å². The number of hydrogen-bond acceptors (Lipinski definition) is 5. The SMILES string of the molecule is COc1ccc(CCC(=O)Nc2ccc(Nc3ccc(C)cc3)cn2)cc1OC. The molecule has 150 valence electrons. The molecule has 0 atom stereocenters. The maximum absolute atomic E-state index is 12.2. The van der Waals surface area contributed by atoms with Crippen LogP contribution in [0.4, 0.5) is 17.2 Å². The van der Waals surface area contributed by atoms with Crippen LogP contribution in [0.15, 0.2) is 60.8 Å². The van der Waals surface area contributed by atoms with E-state index in [2.05, 4.69) is 15.6 Å². The Hall–Kier alpha value is -3.54. The van der Waals surface area contributed by atoms with E-state index in [0.717, 1.165) is 16.9 Å². The molecule has 0 saturated carbocycles. The van der Waals surface area contributed by atoms with Gasteiger partial charge in [0.25, 0.3) is 0 Å². The highest BCUT2D eigenvalue weighted by molar-refractivity contribution is 5.90. The number of rotatable bonds is 8. The molecule has 0 fully saturated rings. The third-order valence-electron chi connectivity index (χ3n) is 4.46. The van der Waals surface area contributed by atoms with Crippen molar-refractivity contribution < 1.29 is 14.3 Å². The molecule has 0 aliphatic rings. The van der Waals surface area contributed by atoms with E-state index in [1.807, 2.05) is 55.5 Å². The lowest BCUT2D eigenvalue weighted by Gasteiger charge is -2.10. The summed E-state index contributed by atoms with van der Waals surface area (Å²) < 4.78 is 10.5. The third-order valence-corrected chi connectivity index (χ3v) is 4.46. The molecule has 3 rings (SSSR count). The van der Waals surface area contributed by atoms with Gasteiger partial charge in [-0.1, -0.05) is 23.8 Å². The van der Waals surface area contributed by atoms with E-state index in [1.165, 1.54) is 5.56 Å². The largest absolute Gasteiger partial charge is 0.493 e. The number of ether oxygens (including phenoxy) is 2. The van der Waals surface area contributed by atoms with Gasteiger partial charge >= 0.3 is 0 Å². The van der Waals surface area contributed by atoms with E-state index in [0.29, 0.717) is 30.2 Å². The number of anilines is 3. The highest BCUT2D eigenvalue weighted by atomic mass is 16.5. The topological polar surface area (TPSA) is 72.5 Å². The molecule has 1 heterocycles. The average Bonchev–Trinajstić information content (AvgIpc) is 2.75. The van der Waals surface area contributed by atoms with Gasteiger partial charge in [-0.2, -0.15) is 0 Å². The zero-order valence-electron chi connectivity index (χ0n) is 16.9. The Bertz CT molecular complexity index is 954. The average molecular weight is 391 g/mol. The number of hydrogen-bond donors (Lipinski definition) is 2. The summed E-state index contributed by atoms with van der Waals surface area (Å²) in [4.78, 5) is 16.6. The van der Waals surface area contributed by atoms with Crippen LogP contribution in [0.1, 0.15) is 17.5 Å². The Kier molecular flexibility index (Phi) is 6.68. The van der Waals surface area contributed by atoms with Crippen LogP contribution in [-0.2, 0) is 11.2 Å². The standard InChI is InChI=1S/C23H25N3O3/c1-16-4-8-18(9-5-16)25-19-10-12-22(24-15-19)26-23(27)13-7-17-6-11-20(28-2)21(14-17)29-3/h4-6,8-12,14-15,25H,7,13H2,1-3H3,(H,24,26,27). The van der Waals surface area contributed by atoms with Crippen LogP contribution in [0.25, 0.3) is 0 Å². The van der Waals surface area contributed by atoms with Gasteiger partial charge in [0, 0.05) is 12.1 Å². The minimum Gasteiger partial charge on any atom is -0.493 e. The Morgan fingerprint density at radius 2 is 1.66 bits per heavy atom. The molecule has 1 amide bonds. The van der Waals surface area contributed by atoms with Gasteiger partial charge in [-0.05, 0) is 55.3 Å². The quantitative estimate of drug-likeness (QED) is 0.581. The molecule has 6 heteroatoms. The van der Waals surface area contributed by atoms with Gasteiger partial charge in [0.2, 0.25) is 5.91 Å². The second-order valence-corrected chi connectivity index (χ2v) is 6.66. The van der Waals surface area contributed by atoms with Crippen molar-refractivity contribution in [2.24, 2.45) is 0 Å². The number of methoxy groups -OCH3 is 2. The number of benzene rings is 2. The Morgan fingerprint density at radius 3 is 2.31 bits per heavy atom. The summed E-state index contributed by atoms with van der Waals surface area (Å²) in [7, 11) is 3.19. The zero-order chi connectivity index (χ0) is 20.6. The summed E-state index contributed by atoms with van der Waals surface area (Å²) in [5, 5.41) is 6.11. The molecule has 29 heavy (non-hydrogen) atoms. The second-order valence-electron chi connectivity index (χ2n) is 6.66. The summed E-state index contributed by atoms with van der Waals surface area (Å²) in [6, 6.07) is 17.4. The van der Waals surface area contributed by atoms with Crippen LogP contribution in [0.2, 0.25) is 0 Å². The molecular formula is C23H25N3O3. The number of nitrogens with one attached hydrogen (secondary N) is 2. The molecule has 0 aliphatic heterocycles. The van der Waals surface area contributed by atoms with E-state index in [-0.39, 0.29) is 5.91 Å². The molecule has 2 N–H and O–H groups in total. The molecule has 1 aromatic heterocycles. The lowest BCUT2D eigenvalue weighted by molar-refractivity contribution is -0.116. The van der Waals surface area contributed by atoms with E-state index < -0.39 is 0 Å². The highest BCUT2D eigenvalue weighted by Crippen LogP contribution is 2.28. The molecule has 0 unspecified atom stereocenters. The molecule has 0 spiro atoms. The monoisotopic (exact) mass is 391 g/mol. The molecule has 0 bridgehead atoms. The van der Waals surface area contributed by atoms with Crippen molar-refractivity contribution in [1.82, 2.24) is 4.98 Å². The van der Waals surface area contributed by atoms with Crippen molar-refractivity contribution in [3.63, 3.8) is 0 Å². The minimum atomic E-state index is -0.0912. The second kappa shape index (κ2) is 9.59. The zero-order valence-corrected chi connectivity index (χ0v) is 16.9. The van der Waals surface area contributed by atoms with Crippen LogP contribution in [0.3, 0.4) is 0 Å². The van der Waals surface area contributed by atoms with Crippen LogP contribution in [-0.4, -0.2) is 25.1 Å². The molecule has 0 aliphatic carbocycles. The van der Waals surface area contributed by atoms with Gasteiger partial charge in [-0.15, -0.1) is 0 Å². The van der Waals surface area contributed by atoms with E-state index in [9.17, 15) is 4.79 Å².